The number of hydrogen-bond donors (Lipinski definition) is 0. The number of Topliss-reactive ketones (excluding diaryl/α,β-unsaturated/α-hetero) is 1. The van der Waals surface area contributed by atoms with Gasteiger partial charge in [-0.15, -0.1) is 11.3 Å². The number of nitriles is 1. The quantitative estimate of drug-likeness (QED) is 0.450. The average molecular weight is 352 g/mol. The Balaban J connectivity index is 2.40. The number of aromatic nitrogens is 1. The average Bonchev–Trinajstić information content (AvgIpc) is 3.01. The molecule has 2 aromatic rings. The summed E-state index contributed by atoms with van der Waals surface area (Å²) >= 11 is 1.43. The molecule has 126 valence electrons. The van der Waals surface area contributed by atoms with E-state index in [1.54, 1.807) is 6.07 Å². The fourth-order valence-corrected chi connectivity index (χ4v) is 3.24. The van der Waals surface area contributed by atoms with Crippen LogP contribution in [0.5, 0.6) is 0 Å². The lowest BCUT2D eigenvalue weighted by Gasteiger charge is -2.12. The molecule has 0 bridgehead atoms. The van der Waals surface area contributed by atoms with Gasteiger partial charge >= 0.3 is 6.18 Å². The summed E-state index contributed by atoms with van der Waals surface area (Å²) in [5, 5.41) is 9.26. The maximum Gasteiger partial charge on any atom is 0.406 e. The smallest absolute Gasteiger partial charge is 0.339 e. The summed E-state index contributed by atoms with van der Waals surface area (Å²) in [6.07, 6.45) is -2.91. The first-order chi connectivity index (χ1) is 11.1. The van der Waals surface area contributed by atoms with Crippen molar-refractivity contribution < 1.29 is 18.0 Å². The minimum atomic E-state index is -4.38. The van der Waals surface area contributed by atoms with Gasteiger partial charge in [0.15, 0.2) is 0 Å². The molecule has 0 aliphatic carbocycles. The Kier molecular flexibility index (Phi) is 4.99. The molecule has 2 rings (SSSR count). The number of nitrogens with zero attached hydrogens (tertiary/aromatic N) is 2. The molecule has 0 N–H and O–H groups in total. The lowest BCUT2D eigenvalue weighted by Crippen LogP contribution is -2.19. The third-order valence-electron chi connectivity index (χ3n) is 3.57. The maximum absolute atomic E-state index is 12.7. The van der Waals surface area contributed by atoms with Crippen LogP contribution in [0, 0.1) is 32.1 Å². The maximum atomic E-state index is 12.7. The molecular weight excluding hydrogens is 337 g/mol. The second-order valence-electron chi connectivity index (χ2n) is 5.43. The van der Waals surface area contributed by atoms with Gasteiger partial charge in [-0.25, -0.2) is 0 Å². The fourth-order valence-electron chi connectivity index (χ4n) is 2.42. The molecule has 0 amide bonds. The Labute approximate surface area is 141 Å². The third kappa shape index (κ3) is 3.95. The van der Waals surface area contributed by atoms with Gasteiger partial charge in [-0.3, -0.25) is 4.79 Å². The van der Waals surface area contributed by atoms with Gasteiger partial charge in [-0.05, 0) is 45.0 Å². The van der Waals surface area contributed by atoms with Crippen molar-refractivity contribution in [3.05, 3.63) is 50.5 Å². The fraction of sp³-hybridized carbons (Fsp3) is 0.294. The normalized spacial score (nSPS) is 12.3. The summed E-state index contributed by atoms with van der Waals surface area (Å²) in [7, 11) is 0. The lowest BCUT2D eigenvalue weighted by molar-refractivity contribution is -0.141. The molecule has 7 heteroatoms. The minimum Gasteiger partial charge on any atom is -0.339 e. The monoisotopic (exact) mass is 352 g/mol. The van der Waals surface area contributed by atoms with Crippen LogP contribution >= 0.6 is 11.3 Å². The van der Waals surface area contributed by atoms with Crippen LogP contribution in [0.1, 0.15) is 31.5 Å². The molecule has 0 atom stereocenters. The van der Waals surface area contributed by atoms with Crippen LogP contribution in [-0.2, 0) is 6.54 Å². The lowest BCUT2D eigenvalue weighted by atomic mass is 10.0. The van der Waals surface area contributed by atoms with Crippen molar-refractivity contribution in [3.63, 3.8) is 0 Å². The van der Waals surface area contributed by atoms with Crippen LogP contribution in [0.2, 0.25) is 0 Å². The van der Waals surface area contributed by atoms with Gasteiger partial charge in [-0.2, -0.15) is 18.4 Å². The minimum absolute atomic E-state index is 0.0934. The predicted octanol–water partition coefficient (Wildman–Crippen LogP) is 4.83. The van der Waals surface area contributed by atoms with Crippen LogP contribution in [0.25, 0.3) is 6.08 Å². The van der Waals surface area contributed by atoms with Crippen LogP contribution in [0.3, 0.4) is 0 Å². The van der Waals surface area contributed by atoms with Crippen molar-refractivity contribution in [2.75, 3.05) is 0 Å². The topological polar surface area (TPSA) is 45.8 Å². The van der Waals surface area contributed by atoms with Crippen molar-refractivity contribution >= 4 is 23.2 Å². The van der Waals surface area contributed by atoms with Crippen LogP contribution in [0.4, 0.5) is 13.2 Å². The van der Waals surface area contributed by atoms with Gasteiger partial charge < -0.3 is 4.57 Å². The molecule has 2 heterocycles. The zero-order valence-electron chi connectivity index (χ0n) is 13.4. The van der Waals surface area contributed by atoms with Gasteiger partial charge in [0.1, 0.15) is 18.2 Å². The molecule has 3 nitrogen and oxygen atoms in total. The number of halogens is 3. The summed E-state index contributed by atoms with van der Waals surface area (Å²) in [6.45, 7) is 3.71. The van der Waals surface area contributed by atoms with Gasteiger partial charge in [-0.1, -0.05) is 0 Å². The molecular formula is C17H15F3N2OS. The molecule has 0 aromatic carbocycles. The Morgan fingerprint density at radius 1 is 1.33 bits per heavy atom. The summed E-state index contributed by atoms with van der Waals surface area (Å²) in [5.41, 5.74) is 0.567. The number of alkyl halides is 3. The van der Waals surface area contributed by atoms with Crippen LogP contribution in [0.15, 0.2) is 23.8 Å². The zero-order valence-corrected chi connectivity index (χ0v) is 14.2. The van der Waals surface area contributed by atoms with E-state index in [0.29, 0.717) is 5.69 Å². The number of hydrogen-bond acceptors (Lipinski definition) is 3. The summed E-state index contributed by atoms with van der Waals surface area (Å²) in [5.74, 6) is -0.565. The van der Waals surface area contributed by atoms with Gasteiger partial charge in [0.25, 0.3) is 0 Å². The number of carbonyl (C=O) groups excluding carboxylic acids is 1. The van der Waals surface area contributed by atoms with E-state index in [0.717, 1.165) is 14.3 Å². The van der Waals surface area contributed by atoms with E-state index < -0.39 is 18.5 Å². The number of aryl methyl sites for hydroxylation is 2. The number of rotatable bonds is 4. The molecule has 0 unspecified atom stereocenters. The zero-order chi connectivity index (χ0) is 18.1. The van der Waals surface area contributed by atoms with Gasteiger partial charge in [0.2, 0.25) is 5.78 Å². The molecule has 0 aliphatic heterocycles. The van der Waals surface area contributed by atoms with Crippen LogP contribution in [-0.4, -0.2) is 16.5 Å². The summed E-state index contributed by atoms with van der Waals surface area (Å²) in [4.78, 5) is 14.3. The van der Waals surface area contributed by atoms with Crippen molar-refractivity contribution in [1.29, 1.82) is 5.26 Å². The molecule has 0 spiro atoms. The second-order valence-corrected chi connectivity index (χ2v) is 6.75. The molecule has 0 fully saturated rings. The number of thiophene rings is 1. The standard InChI is InChI=1S/C17H15F3N2OS/c1-10-6-15(12(3)22(10)9-17(18,19)20)16(23)13(8-21)7-14-5-4-11(2)24-14/h4-7H,9H2,1-3H3/b13-7+. The Bertz CT molecular complexity index is 850. The first-order valence-corrected chi connectivity index (χ1v) is 7.90. The summed E-state index contributed by atoms with van der Waals surface area (Å²) in [6, 6.07) is 6.90. The summed E-state index contributed by atoms with van der Waals surface area (Å²) < 4.78 is 39.0. The molecule has 0 saturated heterocycles. The van der Waals surface area contributed by atoms with Crippen molar-refractivity contribution in [3.8, 4) is 6.07 Å². The van der Waals surface area contributed by atoms with Crippen LogP contribution < -0.4 is 0 Å². The largest absolute Gasteiger partial charge is 0.406 e. The first-order valence-electron chi connectivity index (χ1n) is 7.09. The van der Waals surface area contributed by atoms with Crippen molar-refractivity contribution in [2.24, 2.45) is 0 Å². The Hall–Kier alpha value is -2.33. The van der Waals surface area contributed by atoms with Gasteiger partial charge in [0, 0.05) is 26.7 Å². The molecule has 2 aromatic heterocycles. The van der Waals surface area contributed by atoms with E-state index >= 15 is 0 Å². The SMILES string of the molecule is Cc1ccc(/C=C(\C#N)C(=O)c2cc(C)n(CC(F)(F)F)c2C)s1. The highest BCUT2D eigenvalue weighted by molar-refractivity contribution is 7.12. The highest BCUT2D eigenvalue weighted by Crippen LogP contribution is 2.25. The van der Waals surface area contributed by atoms with Crippen molar-refractivity contribution in [2.45, 2.75) is 33.5 Å². The van der Waals surface area contributed by atoms with E-state index in [1.807, 2.05) is 19.1 Å². The molecule has 0 radical (unpaired) electrons. The number of allylic oxidation sites excluding steroid dienone is 1. The van der Waals surface area contributed by atoms with E-state index in [1.165, 1.54) is 37.3 Å². The van der Waals surface area contributed by atoms with Crippen molar-refractivity contribution in [1.82, 2.24) is 4.57 Å². The third-order valence-corrected chi connectivity index (χ3v) is 4.52. The van der Waals surface area contributed by atoms with E-state index in [-0.39, 0.29) is 16.8 Å². The molecule has 0 saturated carbocycles. The predicted molar refractivity (Wildman–Crippen MR) is 86.9 cm³/mol. The highest BCUT2D eigenvalue weighted by atomic mass is 32.1. The van der Waals surface area contributed by atoms with E-state index in [4.69, 9.17) is 0 Å². The number of ketones is 1. The second kappa shape index (κ2) is 6.65. The molecule has 24 heavy (non-hydrogen) atoms. The van der Waals surface area contributed by atoms with E-state index in [9.17, 15) is 23.2 Å². The number of carbonyl (C=O) groups is 1. The van der Waals surface area contributed by atoms with Gasteiger partial charge in [0.05, 0.1) is 0 Å². The highest BCUT2D eigenvalue weighted by Gasteiger charge is 2.30. The molecule has 0 aliphatic rings. The Morgan fingerprint density at radius 2 is 2.00 bits per heavy atom. The Morgan fingerprint density at radius 3 is 2.50 bits per heavy atom. The first kappa shape index (κ1) is 18.0. The van der Waals surface area contributed by atoms with E-state index in [2.05, 4.69) is 0 Å².